The van der Waals surface area contributed by atoms with Crippen molar-refractivity contribution in [2.24, 2.45) is 5.10 Å². The first-order valence-corrected chi connectivity index (χ1v) is 10.1. The van der Waals surface area contributed by atoms with Gasteiger partial charge in [0, 0.05) is 0 Å². The lowest BCUT2D eigenvalue weighted by Gasteiger charge is -2.09. The number of ether oxygens (including phenoxy) is 3. The third kappa shape index (κ3) is 5.70. The molecule has 0 radical (unpaired) electrons. The van der Waals surface area contributed by atoms with Crippen LogP contribution in [0.15, 0.2) is 65.1 Å². The van der Waals surface area contributed by atoms with Gasteiger partial charge in [-0.25, -0.2) is 10.2 Å². The summed E-state index contributed by atoms with van der Waals surface area (Å²) in [6, 6.07) is 14.8. The van der Waals surface area contributed by atoms with E-state index in [0.717, 1.165) is 0 Å². The summed E-state index contributed by atoms with van der Waals surface area (Å²) >= 11 is 1.27. The van der Waals surface area contributed by atoms with E-state index in [0.29, 0.717) is 27.6 Å². The Kier molecular flexibility index (Phi) is 7.55. The van der Waals surface area contributed by atoms with Crippen molar-refractivity contribution in [2.45, 2.75) is 0 Å². The number of benzene rings is 2. The van der Waals surface area contributed by atoms with E-state index in [1.165, 1.54) is 31.8 Å². The van der Waals surface area contributed by atoms with Crippen molar-refractivity contribution in [3.8, 4) is 17.2 Å². The van der Waals surface area contributed by atoms with Gasteiger partial charge in [-0.15, -0.1) is 11.3 Å². The highest BCUT2D eigenvalue weighted by atomic mass is 32.1. The number of rotatable bonds is 7. The van der Waals surface area contributed by atoms with Gasteiger partial charge in [0.2, 0.25) is 0 Å². The number of anilines is 1. The number of carbonyl (C=O) groups excluding carboxylic acids is 3. The van der Waals surface area contributed by atoms with Crippen LogP contribution in [0.25, 0.3) is 0 Å². The summed E-state index contributed by atoms with van der Waals surface area (Å²) in [6.07, 6.45) is 1.32. The molecule has 32 heavy (non-hydrogen) atoms. The van der Waals surface area contributed by atoms with Gasteiger partial charge in [0.05, 0.1) is 26.1 Å². The SMILES string of the molecule is COc1ccccc1NC(=O)C(=O)N/N=C/c1ccc(OC(=O)c2cccs2)c(OC)c1. The highest BCUT2D eigenvalue weighted by molar-refractivity contribution is 7.12. The van der Waals surface area contributed by atoms with E-state index in [9.17, 15) is 14.4 Å². The number of esters is 1. The molecule has 0 aliphatic heterocycles. The standard InChI is InChI=1S/C22H19N3O6S/c1-29-16-7-4-3-6-15(16)24-20(26)21(27)25-23-13-14-9-10-17(18(12-14)30-2)31-22(28)19-8-5-11-32-19/h3-13H,1-2H3,(H,24,26)(H,25,27)/b23-13+. The van der Waals surface area contributed by atoms with Crippen LogP contribution in [0.1, 0.15) is 15.2 Å². The highest BCUT2D eigenvalue weighted by Crippen LogP contribution is 2.29. The predicted molar refractivity (Wildman–Crippen MR) is 120 cm³/mol. The smallest absolute Gasteiger partial charge is 0.353 e. The maximum atomic E-state index is 12.1. The molecule has 0 atom stereocenters. The molecule has 3 aromatic rings. The van der Waals surface area contributed by atoms with Gasteiger partial charge in [-0.2, -0.15) is 5.10 Å². The van der Waals surface area contributed by atoms with Crippen molar-refractivity contribution in [1.82, 2.24) is 5.43 Å². The van der Waals surface area contributed by atoms with Crippen LogP contribution in [0, 0.1) is 0 Å². The van der Waals surface area contributed by atoms with Crippen molar-refractivity contribution in [1.29, 1.82) is 0 Å². The molecule has 2 amide bonds. The van der Waals surface area contributed by atoms with E-state index in [1.807, 2.05) is 0 Å². The minimum Gasteiger partial charge on any atom is -0.495 e. The van der Waals surface area contributed by atoms with Crippen LogP contribution in [-0.4, -0.2) is 38.2 Å². The van der Waals surface area contributed by atoms with Gasteiger partial charge in [-0.05, 0) is 47.3 Å². The molecule has 3 rings (SSSR count). The number of nitrogens with zero attached hydrogens (tertiary/aromatic N) is 1. The molecule has 164 valence electrons. The fraction of sp³-hybridized carbons (Fsp3) is 0.0909. The Labute approximate surface area is 187 Å². The van der Waals surface area contributed by atoms with E-state index < -0.39 is 17.8 Å². The minimum absolute atomic E-state index is 0.239. The number of amides is 2. The summed E-state index contributed by atoms with van der Waals surface area (Å²) in [4.78, 5) is 36.6. The van der Waals surface area contributed by atoms with E-state index in [1.54, 1.807) is 60.0 Å². The summed E-state index contributed by atoms with van der Waals surface area (Å²) in [5, 5.41) is 8.00. The topological polar surface area (TPSA) is 115 Å². The zero-order valence-corrected chi connectivity index (χ0v) is 18.0. The summed E-state index contributed by atoms with van der Waals surface area (Å²) < 4.78 is 15.7. The molecule has 2 aromatic carbocycles. The lowest BCUT2D eigenvalue weighted by atomic mass is 10.2. The van der Waals surface area contributed by atoms with Crippen LogP contribution in [0.3, 0.4) is 0 Å². The Balaban J connectivity index is 1.60. The van der Waals surface area contributed by atoms with Gasteiger partial charge in [0.15, 0.2) is 11.5 Å². The molecular weight excluding hydrogens is 434 g/mol. The maximum Gasteiger partial charge on any atom is 0.353 e. The van der Waals surface area contributed by atoms with E-state index in [-0.39, 0.29) is 5.75 Å². The van der Waals surface area contributed by atoms with Gasteiger partial charge >= 0.3 is 17.8 Å². The molecule has 0 bridgehead atoms. The highest BCUT2D eigenvalue weighted by Gasteiger charge is 2.16. The Bertz CT molecular complexity index is 1140. The maximum absolute atomic E-state index is 12.1. The molecule has 0 aliphatic rings. The summed E-state index contributed by atoms with van der Waals surface area (Å²) in [5.41, 5.74) is 3.05. The van der Waals surface area contributed by atoms with Gasteiger partial charge in [-0.1, -0.05) is 18.2 Å². The summed E-state index contributed by atoms with van der Waals surface area (Å²) in [5.74, 6) is -1.39. The zero-order valence-electron chi connectivity index (χ0n) is 17.2. The van der Waals surface area contributed by atoms with Gasteiger partial charge in [-0.3, -0.25) is 9.59 Å². The quantitative estimate of drug-likeness (QED) is 0.187. The first kappa shape index (κ1) is 22.5. The number of para-hydroxylation sites is 2. The molecule has 2 N–H and O–H groups in total. The number of nitrogens with one attached hydrogen (secondary N) is 2. The first-order valence-electron chi connectivity index (χ1n) is 9.23. The van der Waals surface area contributed by atoms with Crippen LogP contribution in [0.5, 0.6) is 17.2 Å². The molecule has 0 aliphatic carbocycles. The average Bonchev–Trinajstić information content (AvgIpc) is 3.35. The van der Waals surface area contributed by atoms with Crippen molar-refractivity contribution < 1.29 is 28.6 Å². The molecular formula is C22H19N3O6S. The molecule has 0 spiro atoms. The van der Waals surface area contributed by atoms with Gasteiger partial charge in [0.1, 0.15) is 10.6 Å². The van der Waals surface area contributed by atoms with Crippen molar-refractivity contribution in [2.75, 3.05) is 19.5 Å². The summed E-state index contributed by atoms with van der Waals surface area (Å²) in [6.45, 7) is 0. The molecule has 9 nitrogen and oxygen atoms in total. The molecule has 0 fully saturated rings. The first-order chi connectivity index (χ1) is 15.5. The number of hydrogen-bond acceptors (Lipinski definition) is 8. The number of carbonyl (C=O) groups is 3. The molecule has 0 unspecified atom stereocenters. The number of hydrazone groups is 1. The Morgan fingerprint density at radius 1 is 0.906 bits per heavy atom. The van der Waals surface area contributed by atoms with Crippen molar-refractivity contribution >= 4 is 41.0 Å². The molecule has 0 saturated carbocycles. The van der Waals surface area contributed by atoms with Crippen LogP contribution in [0.4, 0.5) is 5.69 Å². The monoisotopic (exact) mass is 453 g/mol. The lowest BCUT2D eigenvalue weighted by Crippen LogP contribution is -2.32. The minimum atomic E-state index is -0.958. The van der Waals surface area contributed by atoms with E-state index >= 15 is 0 Å². The van der Waals surface area contributed by atoms with Gasteiger partial charge in [0.25, 0.3) is 0 Å². The van der Waals surface area contributed by atoms with Crippen molar-refractivity contribution in [3.05, 3.63) is 70.4 Å². The predicted octanol–water partition coefficient (Wildman–Crippen LogP) is 3.07. The second-order valence-electron chi connectivity index (χ2n) is 6.13. The fourth-order valence-corrected chi connectivity index (χ4v) is 3.14. The Morgan fingerprint density at radius 2 is 1.69 bits per heavy atom. The number of methoxy groups -OCH3 is 2. The van der Waals surface area contributed by atoms with Crippen molar-refractivity contribution in [3.63, 3.8) is 0 Å². The van der Waals surface area contributed by atoms with Crippen LogP contribution >= 0.6 is 11.3 Å². The summed E-state index contributed by atoms with van der Waals surface area (Å²) in [7, 11) is 2.89. The molecule has 10 heteroatoms. The molecule has 1 aromatic heterocycles. The second-order valence-corrected chi connectivity index (χ2v) is 7.08. The lowest BCUT2D eigenvalue weighted by molar-refractivity contribution is -0.136. The number of hydrogen-bond donors (Lipinski definition) is 2. The third-order valence-corrected chi connectivity index (χ3v) is 4.90. The molecule has 1 heterocycles. The Morgan fingerprint density at radius 3 is 2.41 bits per heavy atom. The average molecular weight is 453 g/mol. The zero-order chi connectivity index (χ0) is 22.9. The second kappa shape index (κ2) is 10.7. The van der Waals surface area contributed by atoms with E-state index in [4.69, 9.17) is 14.2 Å². The Hall–Kier alpha value is -4.18. The fourth-order valence-electron chi connectivity index (χ4n) is 2.54. The largest absolute Gasteiger partial charge is 0.495 e. The third-order valence-electron chi connectivity index (χ3n) is 4.05. The van der Waals surface area contributed by atoms with Crippen LogP contribution < -0.4 is 25.0 Å². The van der Waals surface area contributed by atoms with E-state index in [2.05, 4.69) is 15.8 Å². The van der Waals surface area contributed by atoms with Crippen LogP contribution in [0.2, 0.25) is 0 Å². The van der Waals surface area contributed by atoms with Gasteiger partial charge < -0.3 is 19.5 Å². The molecule has 0 saturated heterocycles. The number of thiophene rings is 1. The van der Waals surface area contributed by atoms with Crippen LogP contribution in [-0.2, 0) is 9.59 Å². The normalized spacial score (nSPS) is 10.4.